The van der Waals surface area contributed by atoms with Crippen molar-refractivity contribution < 1.29 is 19.4 Å². The van der Waals surface area contributed by atoms with E-state index in [2.05, 4.69) is 5.32 Å². The van der Waals surface area contributed by atoms with Crippen LogP contribution in [0.25, 0.3) is 0 Å². The quantitative estimate of drug-likeness (QED) is 0.780. The SMILES string of the molecule is Cc1ccc(C[C@H](NC(=O)COCc2ccccc2)C(=O)O)cc1. The smallest absolute Gasteiger partial charge is 0.326 e. The number of hydrogen-bond acceptors (Lipinski definition) is 3. The lowest BCUT2D eigenvalue weighted by Gasteiger charge is -2.15. The van der Waals surface area contributed by atoms with Gasteiger partial charge in [0.1, 0.15) is 12.6 Å². The molecule has 1 amide bonds. The Bertz CT molecular complexity index is 668. The number of carbonyl (C=O) groups is 2. The first-order valence-corrected chi connectivity index (χ1v) is 7.74. The third-order valence-electron chi connectivity index (χ3n) is 3.54. The lowest BCUT2D eigenvalue weighted by Crippen LogP contribution is -2.43. The first-order chi connectivity index (χ1) is 11.5. The molecule has 0 aliphatic rings. The van der Waals surface area contributed by atoms with E-state index in [9.17, 15) is 14.7 Å². The zero-order valence-corrected chi connectivity index (χ0v) is 13.6. The molecule has 0 saturated carbocycles. The molecule has 2 aromatic carbocycles. The lowest BCUT2D eigenvalue weighted by molar-refractivity contribution is -0.142. The molecule has 0 aliphatic carbocycles. The molecule has 0 saturated heterocycles. The van der Waals surface area contributed by atoms with Crippen LogP contribution in [0.4, 0.5) is 0 Å². The number of carboxylic acid groups (broad SMARTS) is 1. The van der Waals surface area contributed by atoms with Gasteiger partial charge in [0.25, 0.3) is 0 Å². The van der Waals surface area contributed by atoms with Crippen molar-refractivity contribution >= 4 is 11.9 Å². The minimum Gasteiger partial charge on any atom is -0.480 e. The third kappa shape index (κ3) is 5.85. The predicted molar refractivity (Wildman–Crippen MR) is 90.5 cm³/mol. The van der Waals surface area contributed by atoms with Crippen molar-refractivity contribution in [1.29, 1.82) is 0 Å². The maximum Gasteiger partial charge on any atom is 0.326 e. The van der Waals surface area contributed by atoms with E-state index in [0.717, 1.165) is 16.7 Å². The highest BCUT2D eigenvalue weighted by Gasteiger charge is 2.20. The summed E-state index contributed by atoms with van der Waals surface area (Å²) in [6.07, 6.45) is 0.236. The highest BCUT2D eigenvalue weighted by atomic mass is 16.5. The van der Waals surface area contributed by atoms with E-state index in [4.69, 9.17) is 4.74 Å². The van der Waals surface area contributed by atoms with Gasteiger partial charge in [-0.1, -0.05) is 60.2 Å². The van der Waals surface area contributed by atoms with E-state index in [0.29, 0.717) is 6.61 Å². The number of aryl methyl sites for hydroxylation is 1. The Labute approximate surface area is 141 Å². The van der Waals surface area contributed by atoms with E-state index in [-0.39, 0.29) is 13.0 Å². The Hall–Kier alpha value is -2.66. The summed E-state index contributed by atoms with van der Waals surface area (Å²) in [6.45, 7) is 2.10. The average molecular weight is 327 g/mol. The lowest BCUT2D eigenvalue weighted by atomic mass is 10.0. The molecule has 5 nitrogen and oxygen atoms in total. The number of aliphatic carboxylic acids is 1. The van der Waals surface area contributed by atoms with Gasteiger partial charge in [-0.2, -0.15) is 0 Å². The van der Waals surface area contributed by atoms with Gasteiger partial charge in [-0.05, 0) is 18.1 Å². The summed E-state index contributed by atoms with van der Waals surface area (Å²) in [6, 6.07) is 16.1. The molecule has 0 unspecified atom stereocenters. The van der Waals surface area contributed by atoms with E-state index in [1.165, 1.54) is 0 Å². The third-order valence-corrected chi connectivity index (χ3v) is 3.54. The van der Waals surface area contributed by atoms with E-state index in [1.807, 2.05) is 61.5 Å². The molecule has 1 atom stereocenters. The summed E-state index contributed by atoms with van der Waals surface area (Å²) in [4.78, 5) is 23.2. The average Bonchev–Trinajstić information content (AvgIpc) is 2.57. The first-order valence-electron chi connectivity index (χ1n) is 7.74. The summed E-state index contributed by atoms with van der Waals surface area (Å²) < 4.78 is 5.32. The molecule has 0 radical (unpaired) electrons. The summed E-state index contributed by atoms with van der Waals surface area (Å²) in [5.74, 6) is -1.50. The Morgan fingerprint density at radius 3 is 2.33 bits per heavy atom. The van der Waals surface area contributed by atoms with Crippen LogP contribution in [0.3, 0.4) is 0 Å². The minimum absolute atomic E-state index is 0.174. The van der Waals surface area contributed by atoms with Crippen LogP contribution in [0.1, 0.15) is 16.7 Å². The molecule has 0 heterocycles. The molecule has 126 valence electrons. The van der Waals surface area contributed by atoms with Crippen molar-refractivity contribution in [3.63, 3.8) is 0 Å². The monoisotopic (exact) mass is 327 g/mol. The fraction of sp³-hybridized carbons (Fsp3) is 0.263. The molecule has 2 aromatic rings. The summed E-state index contributed by atoms with van der Waals surface area (Å²) in [7, 11) is 0. The number of nitrogens with one attached hydrogen (secondary N) is 1. The van der Waals surface area contributed by atoms with Gasteiger partial charge in [-0.3, -0.25) is 4.79 Å². The van der Waals surface area contributed by atoms with Gasteiger partial charge >= 0.3 is 5.97 Å². The van der Waals surface area contributed by atoms with Crippen molar-refractivity contribution in [2.75, 3.05) is 6.61 Å². The van der Waals surface area contributed by atoms with Crippen LogP contribution in [0.15, 0.2) is 54.6 Å². The van der Waals surface area contributed by atoms with Crippen molar-refractivity contribution in [2.45, 2.75) is 26.0 Å². The predicted octanol–water partition coefficient (Wildman–Crippen LogP) is 2.32. The standard InChI is InChI=1S/C19H21NO4/c1-14-7-9-15(10-8-14)11-17(19(22)23)20-18(21)13-24-12-16-5-3-2-4-6-16/h2-10,17H,11-13H2,1H3,(H,20,21)(H,22,23)/t17-/m0/s1. The fourth-order valence-corrected chi connectivity index (χ4v) is 2.23. The van der Waals surface area contributed by atoms with Crippen LogP contribution in [-0.4, -0.2) is 29.6 Å². The number of amides is 1. The van der Waals surface area contributed by atoms with Gasteiger partial charge in [0.2, 0.25) is 5.91 Å². The maximum absolute atomic E-state index is 11.9. The second kappa shape index (κ2) is 8.84. The number of carboxylic acids is 1. The van der Waals surface area contributed by atoms with Gasteiger partial charge in [0.15, 0.2) is 0 Å². The van der Waals surface area contributed by atoms with Gasteiger partial charge < -0.3 is 15.2 Å². The highest BCUT2D eigenvalue weighted by molar-refractivity contribution is 5.84. The molecule has 24 heavy (non-hydrogen) atoms. The second-order valence-corrected chi connectivity index (χ2v) is 5.63. The van der Waals surface area contributed by atoms with Gasteiger partial charge in [0.05, 0.1) is 6.61 Å². The summed E-state index contributed by atoms with van der Waals surface area (Å²) in [5.41, 5.74) is 2.92. The van der Waals surface area contributed by atoms with Crippen molar-refractivity contribution in [3.8, 4) is 0 Å². The first kappa shape index (κ1) is 17.7. The van der Waals surface area contributed by atoms with Crippen molar-refractivity contribution in [2.24, 2.45) is 0 Å². The van der Waals surface area contributed by atoms with Crippen LogP contribution in [0.5, 0.6) is 0 Å². The molecule has 0 spiro atoms. The molecule has 0 fully saturated rings. The zero-order valence-electron chi connectivity index (χ0n) is 13.6. The van der Waals surface area contributed by atoms with Crippen LogP contribution in [0.2, 0.25) is 0 Å². The van der Waals surface area contributed by atoms with Crippen LogP contribution >= 0.6 is 0 Å². The number of rotatable bonds is 8. The molecule has 0 aliphatic heterocycles. The van der Waals surface area contributed by atoms with E-state index < -0.39 is 17.9 Å². The Balaban J connectivity index is 1.82. The van der Waals surface area contributed by atoms with Crippen LogP contribution < -0.4 is 5.32 Å². The number of benzene rings is 2. The molecular weight excluding hydrogens is 306 g/mol. The molecular formula is C19H21NO4. The van der Waals surface area contributed by atoms with Crippen LogP contribution in [-0.2, 0) is 27.4 Å². The van der Waals surface area contributed by atoms with Crippen molar-refractivity contribution in [3.05, 3.63) is 71.3 Å². The Morgan fingerprint density at radius 2 is 1.71 bits per heavy atom. The molecule has 2 N–H and O–H groups in total. The summed E-state index contributed by atoms with van der Waals surface area (Å²) >= 11 is 0. The van der Waals surface area contributed by atoms with Crippen molar-refractivity contribution in [1.82, 2.24) is 5.32 Å². The number of carbonyl (C=O) groups excluding carboxylic acids is 1. The zero-order chi connectivity index (χ0) is 17.4. The fourth-order valence-electron chi connectivity index (χ4n) is 2.23. The van der Waals surface area contributed by atoms with Gasteiger partial charge in [-0.25, -0.2) is 4.79 Å². The Kier molecular flexibility index (Phi) is 6.51. The summed E-state index contributed by atoms with van der Waals surface area (Å²) in [5, 5.41) is 11.8. The van der Waals surface area contributed by atoms with Gasteiger partial charge in [0, 0.05) is 6.42 Å². The second-order valence-electron chi connectivity index (χ2n) is 5.63. The number of hydrogen-bond donors (Lipinski definition) is 2. The maximum atomic E-state index is 11.9. The normalized spacial score (nSPS) is 11.7. The molecule has 5 heteroatoms. The minimum atomic E-state index is -1.06. The Morgan fingerprint density at radius 1 is 1.04 bits per heavy atom. The van der Waals surface area contributed by atoms with Crippen LogP contribution in [0, 0.1) is 6.92 Å². The largest absolute Gasteiger partial charge is 0.480 e. The number of ether oxygens (including phenoxy) is 1. The molecule has 2 rings (SSSR count). The molecule has 0 aromatic heterocycles. The van der Waals surface area contributed by atoms with Gasteiger partial charge in [-0.15, -0.1) is 0 Å². The molecule has 0 bridgehead atoms. The highest BCUT2D eigenvalue weighted by Crippen LogP contribution is 2.07. The van der Waals surface area contributed by atoms with E-state index in [1.54, 1.807) is 0 Å². The topological polar surface area (TPSA) is 75.6 Å². The van der Waals surface area contributed by atoms with E-state index >= 15 is 0 Å².